The maximum Gasteiger partial charge on any atom is 0.424 e. The van der Waals surface area contributed by atoms with E-state index in [1.807, 2.05) is 0 Å². The predicted molar refractivity (Wildman–Crippen MR) is 91.6 cm³/mol. The maximum absolute atomic E-state index is 12.5. The highest BCUT2D eigenvalue weighted by Crippen LogP contribution is 2.26. The molecule has 7 heteroatoms. The van der Waals surface area contributed by atoms with Crippen molar-refractivity contribution in [2.45, 2.75) is 59.7 Å². The summed E-state index contributed by atoms with van der Waals surface area (Å²) in [6.07, 6.45) is -0.0397. The summed E-state index contributed by atoms with van der Waals surface area (Å²) in [6, 6.07) is 1.57. The first kappa shape index (κ1) is 19.4. The van der Waals surface area contributed by atoms with Gasteiger partial charge in [0.25, 0.3) is 0 Å². The molecule has 0 spiro atoms. The zero-order chi connectivity index (χ0) is 18.0. The summed E-state index contributed by atoms with van der Waals surface area (Å²) < 4.78 is 11.2. The van der Waals surface area contributed by atoms with Gasteiger partial charge in [-0.3, -0.25) is 0 Å². The molecule has 0 aliphatic heterocycles. The van der Waals surface area contributed by atoms with Crippen molar-refractivity contribution < 1.29 is 19.1 Å². The number of hydrogen-bond acceptors (Lipinski definition) is 5. The van der Waals surface area contributed by atoms with E-state index in [1.54, 1.807) is 60.7 Å². The van der Waals surface area contributed by atoms with E-state index in [0.29, 0.717) is 15.9 Å². The van der Waals surface area contributed by atoms with E-state index in [2.05, 4.69) is 20.9 Å². The molecule has 0 saturated carbocycles. The van der Waals surface area contributed by atoms with Crippen LogP contribution in [0.25, 0.3) is 0 Å². The van der Waals surface area contributed by atoms with Crippen LogP contribution < -0.4 is 4.90 Å². The number of carbonyl (C=O) groups excluding carboxylic acids is 2. The number of halogens is 1. The Hall–Kier alpha value is -1.63. The first-order valence-corrected chi connectivity index (χ1v) is 7.98. The van der Waals surface area contributed by atoms with Crippen LogP contribution in [0.4, 0.5) is 15.3 Å². The Morgan fingerprint density at radius 1 is 1.04 bits per heavy atom. The van der Waals surface area contributed by atoms with E-state index in [1.165, 1.54) is 0 Å². The van der Waals surface area contributed by atoms with Gasteiger partial charge >= 0.3 is 12.2 Å². The van der Waals surface area contributed by atoms with E-state index in [0.717, 1.165) is 4.90 Å². The highest BCUT2D eigenvalue weighted by Gasteiger charge is 2.33. The third kappa shape index (κ3) is 6.17. The second-order valence-corrected chi connectivity index (χ2v) is 7.90. The van der Waals surface area contributed by atoms with Crippen LogP contribution in [0.5, 0.6) is 0 Å². The fourth-order valence-corrected chi connectivity index (χ4v) is 1.94. The normalized spacial score (nSPS) is 11.8. The fourth-order valence-electron chi connectivity index (χ4n) is 1.62. The maximum atomic E-state index is 12.5. The number of aromatic nitrogens is 1. The molecule has 6 nitrogen and oxygen atoms in total. The lowest BCUT2D eigenvalue weighted by molar-refractivity contribution is 0.0430. The van der Waals surface area contributed by atoms with Gasteiger partial charge in [-0.1, -0.05) is 0 Å². The number of nitrogens with zero attached hydrogens (tertiary/aromatic N) is 2. The van der Waals surface area contributed by atoms with Crippen LogP contribution in [-0.4, -0.2) is 28.4 Å². The highest BCUT2D eigenvalue weighted by atomic mass is 79.9. The monoisotopic (exact) mass is 386 g/mol. The first-order chi connectivity index (χ1) is 10.3. The van der Waals surface area contributed by atoms with Crippen molar-refractivity contribution >= 4 is 33.8 Å². The van der Waals surface area contributed by atoms with Gasteiger partial charge in [0.2, 0.25) is 0 Å². The topological polar surface area (TPSA) is 68.7 Å². The van der Waals surface area contributed by atoms with Gasteiger partial charge in [0.05, 0.1) is 5.69 Å². The summed E-state index contributed by atoms with van der Waals surface area (Å²) in [7, 11) is 0. The summed E-state index contributed by atoms with van der Waals surface area (Å²) in [5, 5.41) is 0. The Morgan fingerprint density at radius 3 is 1.87 bits per heavy atom. The molecule has 1 aromatic heterocycles. The van der Waals surface area contributed by atoms with Gasteiger partial charge < -0.3 is 9.47 Å². The van der Waals surface area contributed by atoms with Gasteiger partial charge in [-0.05, 0) is 76.0 Å². The van der Waals surface area contributed by atoms with Crippen molar-refractivity contribution in [1.29, 1.82) is 0 Å². The number of amides is 2. The van der Waals surface area contributed by atoms with E-state index in [4.69, 9.17) is 9.47 Å². The Labute approximate surface area is 145 Å². The molecule has 1 rings (SSSR count). The lowest BCUT2D eigenvalue weighted by atomic mass is 10.2. The number of pyridine rings is 1. The summed E-state index contributed by atoms with van der Waals surface area (Å²) in [4.78, 5) is 30.0. The summed E-state index contributed by atoms with van der Waals surface area (Å²) >= 11 is 3.24. The summed E-state index contributed by atoms with van der Waals surface area (Å²) in [5.74, 6) is 0. The molecule has 128 valence electrons. The number of aryl methyl sites for hydroxylation is 1. The van der Waals surface area contributed by atoms with Crippen LogP contribution in [0, 0.1) is 6.92 Å². The van der Waals surface area contributed by atoms with Crippen LogP contribution in [0.3, 0.4) is 0 Å². The predicted octanol–water partition coefficient (Wildman–Crippen LogP) is 4.83. The Kier molecular flexibility index (Phi) is 5.79. The lowest BCUT2D eigenvalue weighted by Gasteiger charge is -2.29. The SMILES string of the molecule is Cc1cnc(Br)cc1N(C(=O)OC(C)(C)C)C(=O)OC(C)(C)C. The molecule has 0 unspecified atom stereocenters. The van der Waals surface area contributed by atoms with Crippen molar-refractivity contribution in [3.8, 4) is 0 Å². The van der Waals surface area contributed by atoms with Crippen molar-refractivity contribution in [2.75, 3.05) is 4.90 Å². The molecule has 2 amide bonds. The smallest absolute Gasteiger partial charge is 0.424 e. The molecule has 0 saturated heterocycles. The molecule has 0 bridgehead atoms. The van der Waals surface area contributed by atoms with Gasteiger partial charge in [-0.2, -0.15) is 4.90 Å². The molecule has 0 radical (unpaired) electrons. The van der Waals surface area contributed by atoms with Gasteiger partial charge in [0.1, 0.15) is 15.8 Å². The molecule has 0 atom stereocenters. The van der Waals surface area contributed by atoms with E-state index < -0.39 is 23.4 Å². The number of rotatable bonds is 1. The lowest BCUT2D eigenvalue weighted by Crippen LogP contribution is -2.44. The molecule has 1 aromatic rings. The quantitative estimate of drug-likeness (QED) is 0.646. The van der Waals surface area contributed by atoms with Gasteiger partial charge in [-0.15, -0.1) is 0 Å². The van der Waals surface area contributed by atoms with Gasteiger partial charge in [-0.25, -0.2) is 14.6 Å². The Bertz CT molecular complexity index is 575. The van der Waals surface area contributed by atoms with Gasteiger partial charge in [0.15, 0.2) is 0 Å². The van der Waals surface area contributed by atoms with Crippen molar-refractivity contribution in [3.63, 3.8) is 0 Å². The van der Waals surface area contributed by atoms with E-state index >= 15 is 0 Å². The molecular weight excluding hydrogens is 364 g/mol. The zero-order valence-electron chi connectivity index (χ0n) is 14.6. The largest absolute Gasteiger partial charge is 0.443 e. The van der Waals surface area contributed by atoms with Crippen molar-refractivity contribution in [1.82, 2.24) is 4.98 Å². The van der Waals surface area contributed by atoms with Crippen LogP contribution in [0.2, 0.25) is 0 Å². The minimum atomic E-state index is -0.798. The van der Waals surface area contributed by atoms with Crippen LogP contribution in [0.15, 0.2) is 16.9 Å². The molecule has 0 aromatic carbocycles. The third-order valence-corrected chi connectivity index (χ3v) is 2.87. The van der Waals surface area contributed by atoms with Crippen LogP contribution in [0.1, 0.15) is 47.1 Å². The standard InChI is InChI=1S/C16H23BrN2O4/c1-10-9-18-12(17)8-11(10)19(13(20)22-15(2,3)4)14(21)23-16(5,6)7/h8-9H,1-7H3. The second kappa shape index (κ2) is 6.86. The molecule has 23 heavy (non-hydrogen) atoms. The minimum Gasteiger partial charge on any atom is -0.443 e. The first-order valence-electron chi connectivity index (χ1n) is 7.18. The molecule has 0 aliphatic rings. The molecular formula is C16H23BrN2O4. The number of ether oxygens (including phenoxy) is 2. The van der Waals surface area contributed by atoms with Crippen molar-refractivity contribution in [3.05, 3.63) is 22.4 Å². The molecule has 1 heterocycles. The minimum absolute atomic E-state index is 0.357. The summed E-state index contributed by atoms with van der Waals surface area (Å²) in [6.45, 7) is 12.1. The highest BCUT2D eigenvalue weighted by molar-refractivity contribution is 9.10. The van der Waals surface area contributed by atoms with Crippen LogP contribution >= 0.6 is 15.9 Å². The van der Waals surface area contributed by atoms with Crippen molar-refractivity contribution in [2.24, 2.45) is 0 Å². The average Bonchev–Trinajstić information content (AvgIpc) is 2.29. The number of hydrogen-bond donors (Lipinski definition) is 0. The molecule has 0 aliphatic carbocycles. The molecule has 0 N–H and O–H groups in total. The van der Waals surface area contributed by atoms with Gasteiger partial charge in [0, 0.05) is 6.20 Å². The number of anilines is 1. The Morgan fingerprint density at radius 2 is 1.48 bits per heavy atom. The average molecular weight is 387 g/mol. The Balaban J connectivity index is 3.28. The second-order valence-electron chi connectivity index (χ2n) is 7.09. The molecule has 0 fully saturated rings. The van der Waals surface area contributed by atoms with E-state index in [-0.39, 0.29) is 0 Å². The van der Waals surface area contributed by atoms with E-state index in [9.17, 15) is 9.59 Å². The fraction of sp³-hybridized carbons (Fsp3) is 0.562. The number of carbonyl (C=O) groups is 2. The third-order valence-electron chi connectivity index (χ3n) is 2.43. The number of imide groups is 1. The van der Waals surface area contributed by atoms with Crippen LogP contribution in [-0.2, 0) is 9.47 Å². The zero-order valence-corrected chi connectivity index (χ0v) is 16.1. The summed E-state index contributed by atoms with van der Waals surface area (Å²) in [5.41, 5.74) is -0.481.